The topological polar surface area (TPSA) is 25.8 Å². The Bertz CT molecular complexity index is 822. The second kappa shape index (κ2) is 4.96. The van der Waals surface area contributed by atoms with Crippen molar-refractivity contribution in [3.8, 4) is 11.3 Å². The van der Waals surface area contributed by atoms with Crippen LogP contribution in [0.15, 0.2) is 36.4 Å². The first kappa shape index (κ1) is 13.2. The lowest BCUT2D eigenvalue weighted by Crippen LogP contribution is -1.95. The lowest BCUT2D eigenvalue weighted by Gasteiger charge is -2.07. The highest BCUT2D eigenvalue weighted by molar-refractivity contribution is 6.36. The fourth-order valence-corrected chi connectivity index (χ4v) is 2.39. The van der Waals surface area contributed by atoms with Crippen LogP contribution in [0.4, 0.5) is 8.78 Å². The van der Waals surface area contributed by atoms with Crippen LogP contribution in [0.5, 0.6) is 0 Å². The van der Waals surface area contributed by atoms with Gasteiger partial charge in [0, 0.05) is 17.0 Å². The van der Waals surface area contributed by atoms with Gasteiger partial charge in [0.1, 0.15) is 27.6 Å². The van der Waals surface area contributed by atoms with Gasteiger partial charge in [-0.25, -0.2) is 18.7 Å². The van der Waals surface area contributed by atoms with Crippen LogP contribution in [-0.4, -0.2) is 9.97 Å². The smallest absolute Gasteiger partial charge is 0.150 e. The van der Waals surface area contributed by atoms with Gasteiger partial charge in [-0.1, -0.05) is 35.3 Å². The second-order valence-corrected chi connectivity index (χ2v) is 4.85. The van der Waals surface area contributed by atoms with Crippen molar-refractivity contribution in [2.75, 3.05) is 0 Å². The van der Waals surface area contributed by atoms with Crippen molar-refractivity contribution in [1.29, 1.82) is 0 Å². The normalized spacial score (nSPS) is 11.0. The molecule has 0 atom stereocenters. The van der Waals surface area contributed by atoms with Crippen LogP contribution in [0.3, 0.4) is 0 Å². The average molecular weight is 311 g/mol. The Balaban J connectivity index is 2.33. The quantitative estimate of drug-likeness (QED) is 0.598. The molecule has 6 heteroatoms. The van der Waals surface area contributed by atoms with Gasteiger partial charge in [0.05, 0.1) is 5.52 Å². The number of fused-ring (bicyclic) bond motifs is 1. The summed E-state index contributed by atoms with van der Waals surface area (Å²) in [6.45, 7) is 0. The minimum Gasteiger partial charge on any atom is -0.244 e. The van der Waals surface area contributed by atoms with E-state index in [1.54, 1.807) is 6.07 Å². The summed E-state index contributed by atoms with van der Waals surface area (Å²) in [7, 11) is 0. The molecule has 20 heavy (non-hydrogen) atoms. The molecule has 0 fully saturated rings. The van der Waals surface area contributed by atoms with Gasteiger partial charge in [-0.15, -0.1) is 0 Å². The molecule has 2 nitrogen and oxygen atoms in total. The summed E-state index contributed by atoms with van der Waals surface area (Å²) in [6, 6.07) is 8.46. The van der Waals surface area contributed by atoms with Crippen molar-refractivity contribution in [2.24, 2.45) is 0 Å². The molecule has 0 saturated carbocycles. The zero-order valence-corrected chi connectivity index (χ0v) is 11.4. The maximum Gasteiger partial charge on any atom is 0.150 e. The highest BCUT2D eigenvalue weighted by Crippen LogP contribution is 2.30. The Labute approximate surface area is 123 Å². The van der Waals surface area contributed by atoms with E-state index >= 15 is 0 Å². The van der Waals surface area contributed by atoms with Crippen molar-refractivity contribution in [1.82, 2.24) is 9.97 Å². The molecule has 0 aliphatic heterocycles. The number of hydrogen-bond acceptors (Lipinski definition) is 2. The number of hydrogen-bond donors (Lipinski definition) is 0. The van der Waals surface area contributed by atoms with Crippen LogP contribution in [0.25, 0.3) is 22.2 Å². The van der Waals surface area contributed by atoms with Gasteiger partial charge in [0.25, 0.3) is 0 Å². The minimum atomic E-state index is -0.673. The Morgan fingerprint density at radius 2 is 1.65 bits per heavy atom. The molecule has 2 heterocycles. The molecule has 1 aromatic carbocycles. The number of aromatic nitrogens is 2. The van der Waals surface area contributed by atoms with Gasteiger partial charge >= 0.3 is 0 Å². The first-order valence-electron chi connectivity index (χ1n) is 5.63. The Morgan fingerprint density at radius 1 is 0.900 bits per heavy atom. The number of halogens is 4. The standard InChI is InChI=1S/C14H6Cl2F2N2/c15-12-6-11-8(14(16)20-12)5-10(18)13(19-11)7-3-1-2-4-9(7)17/h1-6H. The van der Waals surface area contributed by atoms with Gasteiger partial charge < -0.3 is 0 Å². The van der Waals surface area contributed by atoms with Crippen molar-refractivity contribution in [3.63, 3.8) is 0 Å². The molecule has 0 N–H and O–H groups in total. The molecule has 0 unspecified atom stereocenters. The average Bonchev–Trinajstić information content (AvgIpc) is 2.40. The number of nitrogens with zero attached hydrogens (tertiary/aromatic N) is 2. The molecular formula is C14H6Cl2F2N2. The van der Waals surface area contributed by atoms with Gasteiger partial charge in [-0.2, -0.15) is 0 Å². The lowest BCUT2D eigenvalue weighted by molar-refractivity contribution is 0.613. The third-order valence-electron chi connectivity index (χ3n) is 2.82. The van der Waals surface area contributed by atoms with E-state index in [0.29, 0.717) is 10.9 Å². The summed E-state index contributed by atoms with van der Waals surface area (Å²) >= 11 is 11.7. The third-order valence-corrected chi connectivity index (χ3v) is 3.30. The van der Waals surface area contributed by atoms with Crippen molar-refractivity contribution >= 4 is 34.1 Å². The molecule has 0 radical (unpaired) electrons. The summed E-state index contributed by atoms with van der Waals surface area (Å²) < 4.78 is 27.9. The lowest BCUT2D eigenvalue weighted by atomic mass is 10.1. The summed E-state index contributed by atoms with van der Waals surface area (Å²) in [6.07, 6.45) is 0. The number of pyridine rings is 2. The third kappa shape index (κ3) is 2.21. The van der Waals surface area contributed by atoms with E-state index in [1.165, 1.54) is 30.3 Å². The Hall–Kier alpha value is -1.78. The predicted molar refractivity (Wildman–Crippen MR) is 74.9 cm³/mol. The fraction of sp³-hybridized carbons (Fsp3) is 0. The maximum absolute atomic E-state index is 14.1. The van der Waals surface area contributed by atoms with Crippen LogP contribution in [0.2, 0.25) is 10.3 Å². The van der Waals surface area contributed by atoms with E-state index in [1.807, 2.05) is 0 Å². The van der Waals surface area contributed by atoms with E-state index < -0.39 is 11.6 Å². The Morgan fingerprint density at radius 3 is 2.40 bits per heavy atom. The Kier molecular flexibility index (Phi) is 3.28. The summed E-state index contributed by atoms with van der Waals surface area (Å²) in [5.41, 5.74) is 0.347. The molecule has 100 valence electrons. The molecule has 3 aromatic rings. The van der Waals surface area contributed by atoms with Gasteiger partial charge in [-0.05, 0) is 18.2 Å². The molecule has 0 aliphatic rings. The molecule has 0 bridgehead atoms. The van der Waals surface area contributed by atoms with Crippen LogP contribution in [0.1, 0.15) is 0 Å². The molecule has 2 aromatic heterocycles. The largest absolute Gasteiger partial charge is 0.244 e. The predicted octanol–water partition coefficient (Wildman–Crippen LogP) is 4.88. The van der Waals surface area contributed by atoms with Crippen LogP contribution >= 0.6 is 23.2 Å². The highest BCUT2D eigenvalue weighted by atomic mass is 35.5. The zero-order valence-electron chi connectivity index (χ0n) is 9.87. The highest BCUT2D eigenvalue weighted by Gasteiger charge is 2.15. The van der Waals surface area contributed by atoms with E-state index in [4.69, 9.17) is 23.2 Å². The van der Waals surface area contributed by atoms with Crippen LogP contribution in [0, 0.1) is 11.6 Å². The summed E-state index contributed by atoms with van der Waals surface area (Å²) in [5, 5.41) is 0.522. The second-order valence-electron chi connectivity index (χ2n) is 4.10. The van der Waals surface area contributed by atoms with Gasteiger partial charge in [0.15, 0.2) is 0 Å². The molecule has 0 amide bonds. The van der Waals surface area contributed by atoms with E-state index in [2.05, 4.69) is 9.97 Å². The van der Waals surface area contributed by atoms with Crippen molar-refractivity contribution < 1.29 is 8.78 Å². The first-order valence-corrected chi connectivity index (χ1v) is 6.39. The molecule has 0 spiro atoms. The van der Waals surface area contributed by atoms with E-state index in [0.717, 1.165) is 0 Å². The summed E-state index contributed by atoms with van der Waals surface area (Å²) in [5.74, 6) is -1.22. The molecular weight excluding hydrogens is 305 g/mol. The first-order chi connectivity index (χ1) is 9.56. The summed E-state index contributed by atoms with van der Waals surface area (Å²) in [4.78, 5) is 7.92. The van der Waals surface area contributed by atoms with Crippen LogP contribution < -0.4 is 0 Å². The molecule has 3 rings (SSSR count). The van der Waals surface area contributed by atoms with Crippen molar-refractivity contribution in [3.05, 3.63) is 58.3 Å². The number of rotatable bonds is 1. The fourth-order valence-electron chi connectivity index (χ4n) is 1.92. The van der Waals surface area contributed by atoms with Crippen LogP contribution in [-0.2, 0) is 0 Å². The number of benzene rings is 1. The monoisotopic (exact) mass is 310 g/mol. The zero-order chi connectivity index (χ0) is 14.3. The van der Waals surface area contributed by atoms with Gasteiger partial charge in [-0.3, -0.25) is 0 Å². The van der Waals surface area contributed by atoms with E-state index in [9.17, 15) is 8.78 Å². The molecule has 0 saturated heterocycles. The van der Waals surface area contributed by atoms with Crippen molar-refractivity contribution in [2.45, 2.75) is 0 Å². The molecule has 0 aliphatic carbocycles. The minimum absolute atomic E-state index is 0.0546. The maximum atomic E-state index is 14.1. The SMILES string of the molecule is Fc1ccccc1-c1nc2cc(Cl)nc(Cl)c2cc1F. The van der Waals surface area contributed by atoms with E-state index in [-0.39, 0.29) is 21.6 Å². The van der Waals surface area contributed by atoms with Gasteiger partial charge in [0.2, 0.25) is 0 Å².